The molecule has 9 heteroatoms. The second kappa shape index (κ2) is 11.4. The molecule has 184 valence electrons. The highest BCUT2D eigenvalue weighted by molar-refractivity contribution is 7.89. The lowest BCUT2D eigenvalue weighted by Gasteiger charge is -2.35. The molecule has 1 aromatic rings. The van der Waals surface area contributed by atoms with Crippen molar-refractivity contribution >= 4 is 21.8 Å². The minimum atomic E-state index is -3.85. The fourth-order valence-electron chi connectivity index (χ4n) is 4.60. The van der Waals surface area contributed by atoms with Crippen molar-refractivity contribution in [1.29, 1.82) is 0 Å². The van der Waals surface area contributed by atoms with E-state index in [1.807, 2.05) is 20.8 Å². The van der Waals surface area contributed by atoms with Crippen molar-refractivity contribution in [3.8, 4) is 0 Å². The van der Waals surface area contributed by atoms with E-state index in [1.54, 1.807) is 12.1 Å². The Balaban J connectivity index is 1.74. The van der Waals surface area contributed by atoms with Gasteiger partial charge in [0.15, 0.2) is 0 Å². The quantitative estimate of drug-likeness (QED) is 0.536. The van der Waals surface area contributed by atoms with Crippen molar-refractivity contribution < 1.29 is 22.7 Å². The second-order valence-corrected chi connectivity index (χ2v) is 11.3. The van der Waals surface area contributed by atoms with Gasteiger partial charge in [-0.05, 0) is 50.7 Å². The first-order valence-electron chi connectivity index (χ1n) is 11.9. The number of nitrogens with one attached hydrogen (secondary N) is 2. The number of hydrogen-bond acceptors (Lipinski definition) is 5. The van der Waals surface area contributed by atoms with Crippen molar-refractivity contribution in [2.24, 2.45) is 5.92 Å². The van der Waals surface area contributed by atoms with Crippen LogP contribution in [0.25, 0.3) is 0 Å². The van der Waals surface area contributed by atoms with Crippen molar-refractivity contribution in [2.45, 2.75) is 82.4 Å². The first-order valence-corrected chi connectivity index (χ1v) is 13.4. The Bertz CT molecular complexity index is 905. The number of sulfonamides is 1. The predicted octanol–water partition coefficient (Wildman–Crippen LogP) is 2.36. The van der Waals surface area contributed by atoms with Crippen LogP contribution in [-0.2, 0) is 24.3 Å². The number of nitrogens with zero attached hydrogens (tertiary/aromatic N) is 1. The molecule has 3 rings (SSSR count). The van der Waals surface area contributed by atoms with Crippen molar-refractivity contribution in [3.63, 3.8) is 0 Å². The van der Waals surface area contributed by atoms with Gasteiger partial charge in [-0.3, -0.25) is 9.59 Å². The molecular weight excluding hydrogens is 442 g/mol. The van der Waals surface area contributed by atoms with Crippen LogP contribution in [0.5, 0.6) is 0 Å². The SMILES string of the molecule is Cc1ccc(S(=O)(=O)NCC(=O)N(C[C@@H]2CCCO2)[C@@H](C(=O)NC2CCCC2)C(C)C)cc1. The average Bonchev–Trinajstić information content (AvgIpc) is 3.46. The average molecular weight is 480 g/mol. The zero-order valence-corrected chi connectivity index (χ0v) is 20.7. The highest BCUT2D eigenvalue weighted by Gasteiger charge is 2.36. The van der Waals surface area contributed by atoms with Crippen molar-refractivity contribution in [1.82, 2.24) is 14.9 Å². The van der Waals surface area contributed by atoms with E-state index in [0.717, 1.165) is 44.1 Å². The zero-order valence-electron chi connectivity index (χ0n) is 19.9. The van der Waals surface area contributed by atoms with Crippen LogP contribution in [0.1, 0.15) is 57.9 Å². The van der Waals surface area contributed by atoms with Gasteiger partial charge in [0.2, 0.25) is 21.8 Å². The van der Waals surface area contributed by atoms with E-state index in [4.69, 9.17) is 4.74 Å². The van der Waals surface area contributed by atoms with E-state index < -0.39 is 28.5 Å². The maximum absolute atomic E-state index is 13.3. The molecule has 0 unspecified atom stereocenters. The molecule has 2 atom stereocenters. The molecule has 2 fully saturated rings. The summed E-state index contributed by atoms with van der Waals surface area (Å²) in [6.45, 7) is 6.18. The Labute approximate surface area is 197 Å². The fourth-order valence-corrected chi connectivity index (χ4v) is 5.57. The number of benzene rings is 1. The third kappa shape index (κ3) is 7.01. The van der Waals surface area contributed by atoms with Gasteiger partial charge in [-0.15, -0.1) is 0 Å². The van der Waals surface area contributed by atoms with Crippen LogP contribution in [0.3, 0.4) is 0 Å². The molecule has 0 bridgehead atoms. The lowest BCUT2D eigenvalue weighted by atomic mass is 9.99. The van der Waals surface area contributed by atoms with Crippen LogP contribution in [0.2, 0.25) is 0 Å². The van der Waals surface area contributed by atoms with Crippen LogP contribution in [0, 0.1) is 12.8 Å². The van der Waals surface area contributed by atoms with Gasteiger partial charge in [0.25, 0.3) is 0 Å². The minimum Gasteiger partial charge on any atom is -0.376 e. The van der Waals surface area contributed by atoms with Gasteiger partial charge in [-0.2, -0.15) is 0 Å². The molecular formula is C24H37N3O5S. The third-order valence-electron chi connectivity index (χ3n) is 6.43. The monoisotopic (exact) mass is 479 g/mol. The number of carbonyl (C=O) groups excluding carboxylic acids is 2. The van der Waals surface area contributed by atoms with Gasteiger partial charge in [0.05, 0.1) is 17.5 Å². The summed E-state index contributed by atoms with van der Waals surface area (Å²) in [5.41, 5.74) is 0.945. The van der Waals surface area contributed by atoms with Gasteiger partial charge >= 0.3 is 0 Å². The van der Waals surface area contributed by atoms with E-state index in [-0.39, 0.29) is 35.4 Å². The predicted molar refractivity (Wildman–Crippen MR) is 126 cm³/mol. The molecule has 33 heavy (non-hydrogen) atoms. The van der Waals surface area contributed by atoms with Gasteiger partial charge < -0.3 is 15.0 Å². The molecule has 1 saturated carbocycles. The molecule has 2 N–H and O–H groups in total. The number of hydrogen-bond donors (Lipinski definition) is 2. The summed E-state index contributed by atoms with van der Waals surface area (Å²) in [6.07, 6.45) is 5.66. The summed E-state index contributed by atoms with van der Waals surface area (Å²) in [7, 11) is -3.85. The molecule has 2 aliphatic rings. The van der Waals surface area contributed by atoms with Gasteiger partial charge in [0.1, 0.15) is 6.04 Å². The van der Waals surface area contributed by atoms with Crippen LogP contribution in [0.15, 0.2) is 29.2 Å². The summed E-state index contributed by atoms with van der Waals surface area (Å²) in [4.78, 5) is 28.2. The highest BCUT2D eigenvalue weighted by atomic mass is 32.2. The maximum atomic E-state index is 13.3. The highest BCUT2D eigenvalue weighted by Crippen LogP contribution is 2.21. The van der Waals surface area contributed by atoms with E-state index >= 15 is 0 Å². The molecule has 1 aliphatic heterocycles. The van der Waals surface area contributed by atoms with Crippen LogP contribution in [-0.4, -0.2) is 63.0 Å². The molecule has 0 spiro atoms. The third-order valence-corrected chi connectivity index (χ3v) is 7.84. The van der Waals surface area contributed by atoms with Gasteiger partial charge in [-0.1, -0.05) is 44.4 Å². The van der Waals surface area contributed by atoms with E-state index in [0.29, 0.717) is 6.61 Å². The Morgan fingerprint density at radius 2 is 1.76 bits per heavy atom. The number of carbonyl (C=O) groups is 2. The number of ether oxygens (including phenoxy) is 1. The van der Waals surface area contributed by atoms with Gasteiger partial charge in [0, 0.05) is 19.2 Å². The largest absolute Gasteiger partial charge is 0.376 e. The van der Waals surface area contributed by atoms with Gasteiger partial charge in [-0.25, -0.2) is 13.1 Å². The Morgan fingerprint density at radius 1 is 1.09 bits per heavy atom. The standard InChI is InChI=1S/C24H37N3O5S/c1-17(2)23(24(29)26-19-7-4-5-8-19)27(16-20-9-6-14-32-20)22(28)15-25-33(30,31)21-12-10-18(3)11-13-21/h10-13,17,19-20,23,25H,4-9,14-16H2,1-3H3,(H,26,29)/t20-,23+/m0/s1. The van der Waals surface area contributed by atoms with Crippen LogP contribution >= 0.6 is 0 Å². The lowest BCUT2D eigenvalue weighted by molar-refractivity contribution is -0.143. The van der Waals surface area contributed by atoms with Crippen molar-refractivity contribution in [3.05, 3.63) is 29.8 Å². The Morgan fingerprint density at radius 3 is 2.33 bits per heavy atom. The number of amides is 2. The molecule has 8 nitrogen and oxygen atoms in total. The minimum absolute atomic E-state index is 0.103. The molecule has 1 aromatic carbocycles. The van der Waals surface area contributed by atoms with E-state index in [1.165, 1.54) is 17.0 Å². The Kier molecular flexibility index (Phi) is 8.89. The first-order chi connectivity index (χ1) is 15.7. The smallest absolute Gasteiger partial charge is 0.243 e. The zero-order chi connectivity index (χ0) is 24.0. The maximum Gasteiger partial charge on any atom is 0.243 e. The fraction of sp³-hybridized carbons (Fsp3) is 0.667. The molecule has 1 saturated heterocycles. The summed E-state index contributed by atoms with van der Waals surface area (Å²) >= 11 is 0. The number of aryl methyl sites for hydroxylation is 1. The summed E-state index contributed by atoms with van der Waals surface area (Å²) < 4.78 is 33.5. The van der Waals surface area contributed by atoms with Crippen LogP contribution in [0.4, 0.5) is 0 Å². The summed E-state index contributed by atoms with van der Waals surface area (Å²) in [5, 5.41) is 3.11. The van der Waals surface area contributed by atoms with Crippen LogP contribution < -0.4 is 10.0 Å². The summed E-state index contributed by atoms with van der Waals surface area (Å²) in [5.74, 6) is -0.739. The van der Waals surface area contributed by atoms with E-state index in [2.05, 4.69) is 10.0 Å². The molecule has 0 radical (unpaired) electrons. The molecule has 1 heterocycles. The second-order valence-electron chi connectivity index (χ2n) is 9.50. The molecule has 2 amide bonds. The van der Waals surface area contributed by atoms with Crippen molar-refractivity contribution in [2.75, 3.05) is 19.7 Å². The topological polar surface area (TPSA) is 105 Å². The summed E-state index contributed by atoms with van der Waals surface area (Å²) in [6, 6.07) is 5.89. The molecule has 1 aliphatic carbocycles. The first kappa shape index (κ1) is 25.6. The lowest BCUT2D eigenvalue weighted by Crippen LogP contribution is -2.57. The molecule has 0 aromatic heterocycles. The Hall–Kier alpha value is -1.97. The van der Waals surface area contributed by atoms with E-state index in [9.17, 15) is 18.0 Å². The normalized spacial score (nSPS) is 20.2. The number of rotatable bonds is 10.